The molecule has 0 fully saturated rings. The number of nitrogens with one attached hydrogen (secondary N) is 3. The predicted molar refractivity (Wildman–Crippen MR) is 130 cm³/mol. The molecule has 2 heterocycles. The van der Waals surface area contributed by atoms with Gasteiger partial charge in [-0.15, -0.1) is 24.0 Å². The summed E-state index contributed by atoms with van der Waals surface area (Å²) in [5.41, 5.74) is 4.70. The smallest absolute Gasteiger partial charge is 0.191 e. The van der Waals surface area contributed by atoms with Gasteiger partial charge in [-0.05, 0) is 57.7 Å². The summed E-state index contributed by atoms with van der Waals surface area (Å²) < 4.78 is 2.28. The van der Waals surface area contributed by atoms with Gasteiger partial charge in [0.05, 0.1) is 17.2 Å². The van der Waals surface area contributed by atoms with Gasteiger partial charge >= 0.3 is 0 Å². The Hall–Kier alpha value is -2.10. The molecule has 0 unspecified atom stereocenters. The first kappa shape index (κ1) is 23.2. The molecule has 0 radical (unpaired) electrons. The molecule has 158 valence electrons. The minimum absolute atomic E-state index is 0. The number of rotatable bonds is 9. The number of aliphatic imine (C=N–C) groups is 1. The lowest BCUT2D eigenvalue weighted by molar-refractivity contribution is 0.645. The van der Waals surface area contributed by atoms with Crippen LogP contribution in [0.25, 0.3) is 11.0 Å². The van der Waals surface area contributed by atoms with Crippen molar-refractivity contribution in [2.75, 3.05) is 19.6 Å². The predicted octanol–water partition coefficient (Wildman–Crippen LogP) is 3.57. The summed E-state index contributed by atoms with van der Waals surface area (Å²) in [4.78, 5) is 9.35. The zero-order valence-electron chi connectivity index (χ0n) is 17.5. The first-order valence-corrected chi connectivity index (χ1v) is 10.1. The minimum atomic E-state index is 0. The molecule has 29 heavy (non-hydrogen) atoms. The molecule has 0 bridgehead atoms. The van der Waals surface area contributed by atoms with Crippen LogP contribution in [0.4, 0.5) is 0 Å². The van der Waals surface area contributed by atoms with Gasteiger partial charge in [0.15, 0.2) is 5.96 Å². The molecule has 0 spiro atoms. The second kappa shape index (κ2) is 11.8. The number of aromatic nitrogens is 4. The number of fused-ring (bicyclic) bond motifs is 1. The maximum absolute atomic E-state index is 4.72. The van der Waals surface area contributed by atoms with Gasteiger partial charge in [-0.3, -0.25) is 10.1 Å². The summed E-state index contributed by atoms with van der Waals surface area (Å²) >= 11 is 0. The zero-order valence-corrected chi connectivity index (χ0v) is 19.9. The molecule has 3 N–H and O–H groups in total. The molecular formula is C21H32IN7. The Labute approximate surface area is 189 Å². The third-order valence-electron chi connectivity index (χ3n) is 4.85. The molecular weight excluding hydrogens is 477 g/mol. The number of guanidine groups is 1. The lowest BCUT2D eigenvalue weighted by Crippen LogP contribution is -2.38. The van der Waals surface area contributed by atoms with Gasteiger partial charge in [-0.2, -0.15) is 5.10 Å². The molecule has 7 nitrogen and oxygen atoms in total. The maximum atomic E-state index is 4.72. The van der Waals surface area contributed by atoms with Crippen molar-refractivity contribution in [2.24, 2.45) is 4.99 Å². The van der Waals surface area contributed by atoms with Crippen molar-refractivity contribution in [3.63, 3.8) is 0 Å². The summed E-state index contributed by atoms with van der Waals surface area (Å²) in [6, 6.07) is 8.29. The summed E-state index contributed by atoms with van der Waals surface area (Å²) in [7, 11) is 0. The highest BCUT2D eigenvalue weighted by atomic mass is 127. The Morgan fingerprint density at radius 3 is 2.76 bits per heavy atom. The molecule has 1 aromatic carbocycles. The van der Waals surface area contributed by atoms with Gasteiger partial charge in [0, 0.05) is 31.9 Å². The number of imidazole rings is 1. The van der Waals surface area contributed by atoms with E-state index in [9.17, 15) is 0 Å². The normalized spacial score (nSPS) is 11.5. The van der Waals surface area contributed by atoms with E-state index >= 15 is 0 Å². The molecule has 3 rings (SSSR count). The Bertz CT molecular complexity index is 913. The second-order valence-corrected chi connectivity index (χ2v) is 6.96. The first-order chi connectivity index (χ1) is 13.7. The Kier molecular flexibility index (Phi) is 9.43. The quantitative estimate of drug-likeness (QED) is 0.178. The monoisotopic (exact) mass is 509 g/mol. The average molecular weight is 509 g/mol. The van der Waals surface area contributed by atoms with Crippen molar-refractivity contribution in [3.8, 4) is 0 Å². The van der Waals surface area contributed by atoms with Crippen LogP contribution >= 0.6 is 24.0 Å². The number of hydrogen-bond acceptors (Lipinski definition) is 3. The number of halogens is 1. The van der Waals surface area contributed by atoms with Crippen molar-refractivity contribution < 1.29 is 0 Å². The molecule has 0 aliphatic heterocycles. The van der Waals surface area contributed by atoms with Crippen LogP contribution in [-0.2, 0) is 13.0 Å². The van der Waals surface area contributed by atoms with Crippen LogP contribution in [0.1, 0.15) is 36.8 Å². The number of aryl methyl sites for hydroxylation is 4. The fourth-order valence-electron chi connectivity index (χ4n) is 3.35. The highest BCUT2D eigenvalue weighted by Gasteiger charge is 2.06. The molecule has 0 atom stereocenters. The van der Waals surface area contributed by atoms with Crippen molar-refractivity contribution in [1.29, 1.82) is 0 Å². The van der Waals surface area contributed by atoms with Crippen molar-refractivity contribution in [3.05, 3.63) is 47.5 Å². The number of para-hydroxylation sites is 2. The lowest BCUT2D eigenvalue weighted by Gasteiger charge is -2.11. The summed E-state index contributed by atoms with van der Waals surface area (Å²) in [6.45, 7) is 9.67. The average Bonchev–Trinajstić information content (AvgIpc) is 3.24. The van der Waals surface area contributed by atoms with E-state index in [1.54, 1.807) is 0 Å². The highest BCUT2D eigenvalue weighted by Crippen LogP contribution is 2.15. The largest absolute Gasteiger partial charge is 0.357 e. The van der Waals surface area contributed by atoms with E-state index in [4.69, 9.17) is 4.99 Å². The Morgan fingerprint density at radius 1 is 1.17 bits per heavy atom. The number of H-pyrrole nitrogens is 1. The van der Waals surface area contributed by atoms with Gasteiger partial charge in [0.2, 0.25) is 0 Å². The maximum Gasteiger partial charge on any atom is 0.191 e. The van der Waals surface area contributed by atoms with Crippen LogP contribution in [0.15, 0.2) is 35.5 Å². The molecule has 0 saturated heterocycles. The zero-order chi connectivity index (χ0) is 19.8. The Morgan fingerprint density at radius 2 is 2.00 bits per heavy atom. The van der Waals surface area contributed by atoms with E-state index in [2.05, 4.69) is 69.4 Å². The standard InChI is InChI=1S/C21H31N7.HI/c1-4-22-21(23-12-7-9-18-15-25-27-16(18)2)24-13-8-14-28-17(3)26-19-10-5-6-11-20(19)28;/h5-6,10-11,15H,4,7-9,12-14H2,1-3H3,(H,25,27)(H2,22,23,24);1H. The lowest BCUT2D eigenvalue weighted by atomic mass is 10.1. The summed E-state index contributed by atoms with van der Waals surface area (Å²) in [5.74, 6) is 1.95. The van der Waals surface area contributed by atoms with Crippen molar-refractivity contribution in [2.45, 2.75) is 46.6 Å². The van der Waals surface area contributed by atoms with Crippen LogP contribution in [0.5, 0.6) is 0 Å². The SMILES string of the molecule is CCNC(=NCCCn1c(C)nc2ccccc21)NCCCc1cn[nH]c1C.I. The molecule has 3 aromatic rings. The molecule has 8 heteroatoms. The van der Waals surface area contributed by atoms with Crippen LogP contribution in [-0.4, -0.2) is 45.3 Å². The fourth-order valence-corrected chi connectivity index (χ4v) is 3.35. The fraction of sp³-hybridized carbons (Fsp3) is 0.476. The van der Waals surface area contributed by atoms with Gasteiger partial charge in [0.25, 0.3) is 0 Å². The number of aromatic amines is 1. The van der Waals surface area contributed by atoms with E-state index in [0.29, 0.717) is 0 Å². The van der Waals surface area contributed by atoms with Gasteiger partial charge in [0.1, 0.15) is 5.82 Å². The van der Waals surface area contributed by atoms with Gasteiger partial charge in [-0.25, -0.2) is 4.98 Å². The molecule has 2 aromatic heterocycles. The Balaban J connectivity index is 0.00000300. The highest BCUT2D eigenvalue weighted by molar-refractivity contribution is 14.0. The van der Waals surface area contributed by atoms with Crippen LogP contribution in [0.2, 0.25) is 0 Å². The third-order valence-corrected chi connectivity index (χ3v) is 4.85. The molecule has 0 saturated carbocycles. The van der Waals surface area contributed by atoms with E-state index in [-0.39, 0.29) is 24.0 Å². The van der Waals surface area contributed by atoms with E-state index < -0.39 is 0 Å². The van der Waals surface area contributed by atoms with Crippen LogP contribution in [0, 0.1) is 13.8 Å². The van der Waals surface area contributed by atoms with Gasteiger partial charge in [-0.1, -0.05) is 12.1 Å². The first-order valence-electron chi connectivity index (χ1n) is 10.1. The van der Waals surface area contributed by atoms with Crippen LogP contribution < -0.4 is 10.6 Å². The van der Waals surface area contributed by atoms with E-state index in [1.165, 1.54) is 11.1 Å². The number of hydrogen-bond donors (Lipinski definition) is 3. The minimum Gasteiger partial charge on any atom is -0.357 e. The summed E-state index contributed by atoms with van der Waals surface area (Å²) in [5, 5.41) is 13.8. The van der Waals surface area contributed by atoms with Crippen LogP contribution in [0.3, 0.4) is 0 Å². The van der Waals surface area contributed by atoms with Crippen molar-refractivity contribution in [1.82, 2.24) is 30.4 Å². The number of benzene rings is 1. The third kappa shape index (κ3) is 6.45. The number of nitrogens with zero attached hydrogens (tertiary/aromatic N) is 4. The summed E-state index contributed by atoms with van der Waals surface area (Å²) in [6.07, 6.45) is 4.95. The van der Waals surface area contributed by atoms with Crippen molar-refractivity contribution >= 4 is 41.0 Å². The second-order valence-electron chi connectivity index (χ2n) is 6.96. The van der Waals surface area contributed by atoms with Gasteiger partial charge < -0.3 is 15.2 Å². The molecule has 0 aliphatic rings. The van der Waals surface area contributed by atoms with E-state index in [1.807, 2.05) is 12.3 Å². The van der Waals surface area contributed by atoms with E-state index in [0.717, 1.165) is 68.4 Å². The molecule has 0 amide bonds. The molecule has 0 aliphatic carbocycles. The topological polar surface area (TPSA) is 82.9 Å².